The van der Waals surface area contributed by atoms with Gasteiger partial charge in [0.1, 0.15) is 6.17 Å². The molecule has 4 heteroatoms. The molecule has 0 radical (unpaired) electrons. The van der Waals surface area contributed by atoms with Crippen LogP contribution in [0.1, 0.15) is 6.92 Å². The first-order valence-electron chi connectivity index (χ1n) is 2.41. The molecule has 1 fully saturated rings. The first-order chi connectivity index (χ1) is 3.72. The minimum atomic E-state index is -0.322. The average molecular weight is 116 g/mol. The molecule has 0 aromatic carbocycles. The molecule has 1 atom stereocenters. The molecule has 1 saturated heterocycles. The SMILES string of the molecule is CC1NOC(=O)N1C. The lowest BCUT2D eigenvalue weighted by atomic mass is 10.5. The Balaban J connectivity index is 2.56. The summed E-state index contributed by atoms with van der Waals surface area (Å²) < 4.78 is 0. The van der Waals surface area contributed by atoms with Gasteiger partial charge in [-0.25, -0.2) is 4.79 Å². The van der Waals surface area contributed by atoms with E-state index in [0.717, 1.165) is 0 Å². The third-order valence-corrected chi connectivity index (χ3v) is 1.19. The fourth-order valence-corrected chi connectivity index (χ4v) is 0.445. The predicted octanol–water partition coefficient (Wildman–Crippen LogP) is -0.0810. The van der Waals surface area contributed by atoms with Crippen molar-refractivity contribution in [2.24, 2.45) is 0 Å². The quantitative estimate of drug-likeness (QED) is 0.481. The third-order valence-electron chi connectivity index (χ3n) is 1.19. The average Bonchev–Trinajstić information content (AvgIpc) is 1.98. The Morgan fingerprint density at radius 2 is 2.50 bits per heavy atom. The second-order valence-electron chi connectivity index (χ2n) is 1.77. The Hall–Kier alpha value is -0.770. The zero-order chi connectivity index (χ0) is 6.15. The highest BCUT2D eigenvalue weighted by Crippen LogP contribution is 2.01. The molecule has 0 aliphatic carbocycles. The summed E-state index contributed by atoms with van der Waals surface area (Å²) in [5, 5.41) is 0. The van der Waals surface area contributed by atoms with Crippen LogP contribution in [0.3, 0.4) is 0 Å². The first-order valence-corrected chi connectivity index (χ1v) is 2.41. The predicted molar refractivity (Wildman–Crippen MR) is 26.8 cm³/mol. The van der Waals surface area contributed by atoms with Crippen LogP contribution < -0.4 is 5.48 Å². The van der Waals surface area contributed by atoms with Crippen LogP contribution in [0.15, 0.2) is 0 Å². The Morgan fingerprint density at radius 3 is 2.62 bits per heavy atom. The summed E-state index contributed by atoms with van der Waals surface area (Å²) in [6.07, 6.45) is -0.319. The summed E-state index contributed by atoms with van der Waals surface area (Å²) in [5.41, 5.74) is 2.50. The van der Waals surface area contributed by atoms with E-state index in [1.165, 1.54) is 4.90 Å². The van der Waals surface area contributed by atoms with Gasteiger partial charge < -0.3 is 4.84 Å². The van der Waals surface area contributed by atoms with Crippen molar-refractivity contribution in [3.05, 3.63) is 0 Å². The number of nitrogens with zero attached hydrogens (tertiary/aromatic N) is 1. The molecular formula is C4H8N2O2. The van der Waals surface area contributed by atoms with Gasteiger partial charge in [0.25, 0.3) is 0 Å². The van der Waals surface area contributed by atoms with Crippen LogP contribution in [0.4, 0.5) is 4.79 Å². The van der Waals surface area contributed by atoms with Gasteiger partial charge in [-0.2, -0.15) is 0 Å². The van der Waals surface area contributed by atoms with Crippen LogP contribution >= 0.6 is 0 Å². The zero-order valence-corrected chi connectivity index (χ0v) is 4.84. The lowest BCUT2D eigenvalue weighted by Crippen LogP contribution is -2.30. The maximum Gasteiger partial charge on any atom is 0.429 e. The molecule has 46 valence electrons. The summed E-state index contributed by atoms with van der Waals surface area (Å²) in [6, 6.07) is 0. The van der Waals surface area contributed by atoms with Gasteiger partial charge in [-0.05, 0) is 6.92 Å². The zero-order valence-electron chi connectivity index (χ0n) is 4.84. The van der Waals surface area contributed by atoms with Gasteiger partial charge in [0.05, 0.1) is 0 Å². The molecule has 4 nitrogen and oxygen atoms in total. The van der Waals surface area contributed by atoms with Crippen molar-refractivity contribution in [2.75, 3.05) is 7.05 Å². The molecule has 1 rings (SSSR count). The lowest BCUT2D eigenvalue weighted by Gasteiger charge is -2.07. The normalized spacial score (nSPS) is 28.5. The summed E-state index contributed by atoms with van der Waals surface area (Å²) in [5.74, 6) is 0. The second-order valence-corrected chi connectivity index (χ2v) is 1.77. The standard InChI is InChI=1S/C4H8N2O2/c1-3-5-8-4(7)6(3)2/h3,5H,1-2H3. The van der Waals surface area contributed by atoms with Crippen LogP contribution in [-0.2, 0) is 4.84 Å². The highest BCUT2D eigenvalue weighted by Gasteiger charge is 2.24. The number of hydrogen-bond acceptors (Lipinski definition) is 3. The van der Waals surface area contributed by atoms with E-state index in [4.69, 9.17) is 0 Å². The molecule has 1 aliphatic rings. The van der Waals surface area contributed by atoms with Crippen molar-refractivity contribution in [1.82, 2.24) is 10.4 Å². The van der Waals surface area contributed by atoms with Gasteiger partial charge in [0.15, 0.2) is 0 Å². The second kappa shape index (κ2) is 1.63. The van der Waals surface area contributed by atoms with Crippen LogP contribution in [0.5, 0.6) is 0 Å². The van der Waals surface area contributed by atoms with Crippen molar-refractivity contribution >= 4 is 6.09 Å². The van der Waals surface area contributed by atoms with Crippen LogP contribution in [0.2, 0.25) is 0 Å². The highest BCUT2D eigenvalue weighted by molar-refractivity contribution is 5.68. The van der Waals surface area contributed by atoms with Gasteiger partial charge >= 0.3 is 6.09 Å². The maximum absolute atomic E-state index is 10.4. The monoisotopic (exact) mass is 116 g/mol. The molecule has 1 N–H and O–H groups in total. The van der Waals surface area contributed by atoms with E-state index in [9.17, 15) is 4.79 Å². The van der Waals surface area contributed by atoms with E-state index in [-0.39, 0.29) is 12.3 Å². The van der Waals surface area contributed by atoms with E-state index in [0.29, 0.717) is 0 Å². The molecule has 0 aromatic rings. The van der Waals surface area contributed by atoms with Gasteiger partial charge in [0.2, 0.25) is 0 Å². The first kappa shape index (κ1) is 5.37. The van der Waals surface area contributed by atoms with E-state index in [2.05, 4.69) is 10.3 Å². The van der Waals surface area contributed by atoms with E-state index >= 15 is 0 Å². The van der Waals surface area contributed by atoms with Crippen molar-refractivity contribution < 1.29 is 9.63 Å². The van der Waals surface area contributed by atoms with Crippen molar-refractivity contribution in [3.63, 3.8) is 0 Å². The van der Waals surface area contributed by atoms with Crippen LogP contribution in [-0.4, -0.2) is 24.2 Å². The van der Waals surface area contributed by atoms with Gasteiger partial charge in [0, 0.05) is 7.05 Å². The van der Waals surface area contributed by atoms with Crippen molar-refractivity contribution in [3.8, 4) is 0 Å². The number of amides is 1. The smallest absolute Gasteiger partial charge is 0.352 e. The summed E-state index contributed by atoms with van der Waals surface area (Å²) in [4.78, 5) is 16.3. The van der Waals surface area contributed by atoms with Gasteiger partial charge in [-0.15, -0.1) is 5.48 Å². The summed E-state index contributed by atoms with van der Waals surface area (Å²) in [6.45, 7) is 1.84. The largest absolute Gasteiger partial charge is 0.429 e. The Kier molecular flexibility index (Phi) is 1.09. The number of carbonyl (C=O) groups excluding carboxylic acids is 1. The summed E-state index contributed by atoms with van der Waals surface area (Å²) in [7, 11) is 1.67. The van der Waals surface area contributed by atoms with E-state index in [1.54, 1.807) is 7.05 Å². The molecule has 1 aliphatic heterocycles. The van der Waals surface area contributed by atoms with Crippen molar-refractivity contribution in [2.45, 2.75) is 13.1 Å². The topological polar surface area (TPSA) is 41.6 Å². The Bertz CT molecular complexity index is 115. The number of rotatable bonds is 0. The number of hydroxylamine groups is 1. The van der Waals surface area contributed by atoms with Gasteiger partial charge in [-0.3, -0.25) is 4.90 Å². The third kappa shape index (κ3) is 0.626. The van der Waals surface area contributed by atoms with Crippen LogP contribution in [0, 0.1) is 0 Å². The molecule has 0 bridgehead atoms. The summed E-state index contributed by atoms with van der Waals surface area (Å²) >= 11 is 0. The molecule has 1 unspecified atom stereocenters. The molecule has 0 spiro atoms. The molecule has 0 aromatic heterocycles. The lowest BCUT2D eigenvalue weighted by molar-refractivity contribution is 0.122. The highest BCUT2D eigenvalue weighted by atomic mass is 16.7. The fraction of sp³-hybridized carbons (Fsp3) is 0.750. The van der Waals surface area contributed by atoms with Crippen molar-refractivity contribution in [1.29, 1.82) is 0 Å². The number of hydrogen-bond donors (Lipinski definition) is 1. The maximum atomic E-state index is 10.4. The fourth-order valence-electron chi connectivity index (χ4n) is 0.445. The molecule has 0 saturated carbocycles. The van der Waals surface area contributed by atoms with Crippen LogP contribution in [0.25, 0.3) is 0 Å². The number of carbonyl (C=O) groups is 1. The minimum Gasteiger partial charge on any atom is -0.352 e. The molecule has 8 heavy (non-hydrogen) atoms. The molecule has 1 heterocycles. The molecular weight excluding hydrogens is 108 g/mol. The van der Waals surface area contributed by atoms with Gasteiger partial charge in [-0.1, -0.05) is 0 Å². The molecule has 1 amide bonds. The Labute approximate surface area is 47.4 Å². The Morgan fingerprint density at radius 1 is 1.88 bits per heavy atom. The van der Waals surface area contributed by atoms with E-state index < -0.39 is 0 Å². The number of nitrogens with one attached hydrogen (secondary N) is 1. The minimum absolute atomic E-state index is 0.00231. The van der Waals surface area contributed by atoms with E-state index in [1.807, 2.05) is 6.92 Å².